The van der Waals surface area contributed by atoms with Crippen molar-refractivity contribution in [1.82, 2.24) is 4.90 Å². The number of benzene rings is 2. The number of nitrogens with zero attached hydrogens (tertiary/aromatic N) is 1. The van der Waals surface area contributed by atoms with E-state index in [1.165, 1.54) is 23.1 Å². The van der Waals surface area contributed by atoms with Gasteiger partial charge in [-0.15, -0.1) is 0 Å². The van der Waals surface area contributed by atoms with Crippen molar-refractivity contribution in [2.24, 2.45) is 0 Å². The Kier molecular flexibility index (Phi) is 8.00. The standard InChI is InChI=1S/C24H28F3NO6S/c1-23(2,3)33-22(29)28-13-14-32-21(16-28)19(17-9-5-4-6-10-17)15-18-11-7-8-12-20(18)34-35(30,31)24(25,26)27/h4-12,19,21H,13-16H2,1-3H3. The topological polar surface area (TPSA) is 82.1 Å². The van der Waals surface area contributed by atoms with Gasteiger partial charge in [-0.25, -0.2) is 4.79 Å². The Morgan fingerprint density at radius 1 is 1.09 bits per heavy atom. The summed E-state index contributed by atoms with van der Waals surface area (Å²) in [7, 11) is -5.84. The van der Waals surface area contributed by atoms with Crippen LogP contribution in [0.4, 0.5) is 18.0 Å². The molecule has 35 heavy (non-hydrogen) atoms. The van der Waals surface area contributed by atoms with Crippen molar-refractivity contribution in [1.29, 1.82) is 0 Å². The predicted octanol–water partition coefficient (Wildman–Crippen LogP) is 4.88. The van der Waals surface area contributed by atoms with Crippen molar-refractivity contribution in [3.63, 3.8) is 0 Å². The fourth-order valence-corrected chi connectivity index (χ4v) is 4.22. The third-order valence-corrected chi connectivity index (χ3v) is 6.28. The van der Waals surface area contributed by atoms with Gasteiger partial charge in [-0.1, -0.05) is 48.5 Å². The van der Waals surface area contributed by atoms with E-state index >= 15 is 0 Å². The molecule has 2 atom stereocenters. The van der Waals surface area contributed by atoms with Gasteiger partial charge in [0, 0.05) is 12.5 Å². The Morgan fingerprint density at radius 2 is 1.71 bits per heavy atom. The molecule has 1 fully saturated rings. The van der Waals surface area contributed by atoms with Crippen molar-refractivity contribution < 1.29 is 40.0 Å². The summed E-state index contributed by atoms with van der Waals surface area (Å²) in [4.78, 5) is 14.2. The Balaban J connectivity index is 1.90. The lowest BCUT2D eigenvalue weighted by molar-refractivity contribution is -0.0516. The van der Waals surface area contributed by atoms with Gasteiger partial charge >= 0.3 is 21.7 Å². The smallest absolute Gasteiger partial charge is 0.444 e. The van der Waals surface area contributed by atoms with Gasteiger partial charge in [-0.3, -0.25) is 0 Å². The molecule has 0 aliphatic carbocycles. The van der Waals surface area contributed by atoms with Crippen LogP contribution in [0.5, 0.6) is 5.75 Å². The zero-order chi connectivity index (χ0) is 25.9. The molecule has 192 valence electrons. The Labute approximate surface area is 202 Å². The number of amides is 1. The second-order valence-corrected chi connectivity index (χ2v) is 10.7. The quantitative estimate of drug-likeness (QED) is 0.403. The zero-order valence-corrected chi connectivity index (χ0v) is 20.4. The number of ether oxygens (including phenoxy) is 2. The average Bonchev–Trinajstić information content (AvgIpc) is 2.77. The lowest BCUT2D eigenvalue weighted by atomic mass is 9.86. The van der Waals surface area contributed by atoms with E-state index in [-0.39, 0.29) is 25.1 Å². The van der Waals surface area contributed by atoms with E-state index in [2.05, 4.69) is 4.18 Å². The number of alkyl halides is 3. The molecule has 2 aromatic rings. The van der Waals surface area contributed by atoms with Crippen molar-refractivity contribution in [2.75, 3.05) is 19.7 Å². The molecule has 1 aliphatic rings. The first-order valence-corrected chi connectivity index (χ1v) is 12.4. The van der Waals surface area contributed by atoms with Gasteiger partial charge in [-0.2, -0.15) is 21.6 Å². The monoisotopic (exact) mass is 515 g/mol. The number of halogens is 3. The van der Waals surface area contributed by atoms with E-state index in [4.69, 9.17) is 9.47 Å². The lowest BCUT2D eigenvalue weighted by Crippen LogP contribution is -2.49. The van der Waals surface area contributed by atoms with Crippen LogP contribution in [0.3, 0.4) is 0 Å². The van der Waals surface area contributed by atoms with Crippen LogP contribution in [0, 0.1) is 0 Å². The molecule has 1 heterocycles. The fraction of sp³-hybridized carbons (Fsp3) is 0.458. The zero-order valence-electron chi connectivity index (χ0n) is 19.6. The van der Waals surface area contributed by atoms with Crippen LogP contribution in [0.2, 0.25) is 0 Å². The van der Waals surface area contributed by atoms with Gasteiger partial charge in [0.05, 0.1) is 19.3 Å². The molecule has 2 unspecified atom stereocenters. The molecule has 1 amide bonds. The van der Waals surface area contributed by atoms with E-state index < -0.39 is 45.1 Å². The Hall–Kier alpha value is -2.79. The maximum absolute atomic E-state index is 12.9. The molecule has 3 rings (SSSR count). The van der Waals surface area contributed by atoms with Gasteiger partial charge in [0.15, 0.2) is 0 Å². The van der Waals surface area contributed by atoms with Crippen molar-refractivity contribution >= 4 is 16.2 Å². The van der Waals surface area contributed by atoms with E-state index in [0.29, 0.717) is 6.54 Å². The Bertz CT molecular complexity index is 1120. The number of para-hydroxylation sites is 1. The number of morpholine rings is 1. The van der Waals surface area contributed by atoms with Crippen LogP contribution in [0.25, 0.3) is 0 Å². The number of carbonyl (C=O) groups is 1. The van der Waals surface area contributed by atoms with E-state index in [1.807, 2.05) is 30.3 Å². The van der Waals surface area contributed by atoms with Crippen LogP contribution in [0.1, 0.15) is 37.8 Å². The summed E-state index contributed by atoms with van der Waals surface area (Å²) >= 11 is 0. The highest BCUT2D eigenvalue weighted by Crippen LogP contribution is 2.34. The van der Waals surface area contributed by atoms with Gasteiger partial charge in [0.2, 0.25) is 0 Å². The molecule has 0 radical (unpaired) electrons. The number of rotatable bonds is 6. The van der Waals surface area contributed by atoms with Gasteiger partial charge in [0.1, 0.15) is 11.4 Å². The highest BCUT2D eigenvalue weighted by Gasteiger charge is 2.49. The van der Waals surface area contributed by atoms with E-state index in [1.54, 1.807) is 26.8 Å². The maximum Gasteiger partial charge on any atom is 0.534 e. The van der Waals surface area contributed by atoms with Crippen LogP contribution < -0.4 is 4.18 Å². The Morgan fingerprint density at radius 3 is 2.34 bits per heavy atom. The van der Waals surface area contributed by atoms with E-state index in [9.17, 15) is 26.4 Å². The molecular weight excluding hydrogens is 487 g/mol. The molecule has 11 heteroatoms. The maximum atomic E-state index is 12.9. The molecule has 1 saturated heterocycles. The molecule has 0 N–H and O–H groups in total. The van der Waals surface area contributed by atoms with E-state index in [0.717, 1.165) is 5.56 Å². The first kappa shape index (κ1) is 26.8. The summed E-state index contributed by atoms with van der Waals surface area (Å²) in [6.07, 6.45) is -0.899. The number of hydrogen-bond acceptors (Lipinski definition) is 6. The van der Waals surface area contributed by atoms with Gasteiger partial charge in [-0.05, 0) is 44.4 Å². The molecule has 1 aliphatic heterocycles. The summed E-state index contributed by atoms with van der Waals surface area (Å²) in [5.74, 6) is -0.828. The molecule has 0 spiro atoms. The summed E-state index contributed by atoms with van der Waals surface area (Å²) in [5.41, 5.74) is -5.16. The molecule has 0 saturated carbocycles. The highest BCUT2D eigenvalue weighted by atomic mass is 32.2. The molecular formula is C24H28F3NO6S. The predicted molar refractivity (Wildman–Crippen MR) is 122 cm³/mol. The van der Waals surface area contributed by atoms with Crippen LogP contribution in [-0.4, -0.2) is 56.3 Å². The average molecular weight is 516 g/mol. The number of hydrogen-bond donors (Lipinski definition) is 0. The summed E-state index contributed by atoms with van der Waals surface area (Å²) < 4.78 is 77.9. The largest absolute Gasteiger partial charge is 0.534 e. The van der Waals surface area contributed by atoms with Crippen LogP contribution in [0.15, 0.2) is 54.6 Å². The minimum absolute atomic E-state index is 0.111. The second kappa shape index (κ2) is 10.4. The highest BCUT2D eigenvalue weighted by molar-refractivity contribution is 7.88. The molecule has 0 aromatic heterocycles. The normalized spacial score (nSPS) is 18.1. The van der Waals surface area contributed by atoms with Crippen molar-refractivity contribution in [3.05, 3.63) is 65.7 Å². The molecule has 0 bridgehead atoms. The third kappa shape index (κ3) is 7.11. The SMILES string of the molecule is CC(C)(C)OC(=O)N1CCOC(C(Cc2ccccc2OS(=O)(=O)C(F)(F)F)c2ccccc2)C1. The van der Waals surface area contributed by atoms with Crippen LogP contribution >= 0.6 is 0 Å². The second-order valence-electron chi connectivity index (χ2n) is 9.15. The van der Waals surface area contributed by atoms with Crippen LogP contribution in [-0.2, 0) is 26.0 Å². The van der Waals surface area contributed by atoms with Gasteiger partial charge < -0.3 is 18.6 Å². The van der Waals surface area contributed by atoms with Crippen molar-refractivity contribution in [3.8, 4) is 5.75 Å². The summed E-state index contributed by atoms with van der Waals surface area (Å²) in [6, 6.07) is 14.8. The van der Waals surface area contributed by atoms with Crippen molar-refractivity contribution in [2.45, 2.75) is 50.3 Å². The molecule has 7 nitrogen and oxygen atoms in total. The lowest BCUT2D eigenvalue weighted by Gasteiger charge is -2.38. The summed E-state index contributed by atoms with van der Waals surface area (Å²) in [6.45, 7) is 6.06. The first-order chi connectivity index (χ1) is 16.3. The molecule has 2 aromatic carbocycles. The summed E-state index contributed by atoms with van der Waals surface area (Å²) in [5, 5.41) is 0. The third-order valence-electron chi connectivity index (χ3n) is 5.32. The minimum Gasteiger partial charge on any atom is -0.444 e. The van der Waals surface area contributed by atoms with Gasteiger partial charge in [0.25, 0.3) is 0 Å². The minimum atomic E-state index is -5.84. The fourth-order valence-electron chi connectivity index (χ4n) is 3.73. The first-order valence-electron chi connectivity index (χ1n) is 11.0. The number of carbonyl (C=O) groups excluding carboxylic acids is 1.